The van der Waals surface area contributed by atoms with E-state index in [1.165, 1.54) is 0 Å². The molecular formula is C20H22N4O2. The summed E-state index contributed by atoms with van der Waals surface area (Å²) in [6, 6.07) is 11.7. The summed E-state index contributed by atoms with van der Waals surface area (Å²) >= 11 is 0. The molecule has 0 aromatic carbocycles. The van der Waals surface area contributed by atoms with Gasteiger partial charge in [0.25, 0.3) is 0 Å². The molecule has 0 atom stereocenters. The fourth-order valence-corrected chi connectivity index (χ4v) is 2.57. The number of pyridine rings is 3. The first-order chi connectivity index (χ1) is 12.4. The van der Waals surface area contributed by atoms with Crippen LogP contribution in [0.2, 0.25) is 0 Å². The molecule has 0 aliphatic heterocycles. The molecule has 0 saturated heterocycles. The maximum atomic E-state index is 11.8. The van der Waals surface area contributed by atoms with Gasteiger partial charge in [-0.05, 0) is 51.1 Å². The summed E-state index contributed by atoms with van der Waals surface area (Å²) in [6.45, 7) is 5.92. The van der Waals surface area contributed by atoms with Gasteiger partial charge in [0.05, 0.1) is 11.4 Å². The van der Waals surface area contributed by atoms with Crippen LogP contribution in [0, 0.1) is 0 Å². The summed E-state index contributed by atoms with van der Waals surface area (Å²) in [5, 5.41) is 3.73. The SMILES string of the molecule is CC(C)(C)OC(=O)NCCc1nc2ncccc2cc1-c1ccccn1. The number of hydrogen-bond acceptors (Lipinski definition) is 5. The smallest absolute Gasteiger partial charge is 0.407 e. The zero-order valence-corrected chi connectivity index (χ0v) is 15.2. The fourth-order valence-electron chi connectivity index (χ4n) is 2.57. The van der Waals surface area contributed by atoms with Crippen LogP contribution in [0.5, 0.6) is 0 Å². The maximum absolute atomic E-state index is 11.8. The Balaban J connectivity index is 1.83. The van der Waals surface area contributed by atoms with E-state index in [1.807, 2.05) is 57.2 Å². The molecule has 1 N–H and O–H groups in total. The van der Waals surface area contributed by atoms with E-state index in [0.29, 0.717) is 18.6 Å². The molecule has 0 bridgehead atoms. The second kappa shape index (κ2) is 7.47. The lowest BCUT2D eigenvalue weighted by Crippen LogP contribution is -2.33. The molecule has 6 heteroatoms. The van der Waals surface area contributed by atoms with Crippen LogP contribution in [0.25, 0.3) is 22.3 Å². The van der Waals surface area contributed by atoms with E-state index in [4.69, 9.17) is 4.74 Å². The summed E-state index contributed by atoms with van der Waals surface area (Å²) in [7, 11) is 0. The molecule has 3 aromatic rings. The third-order valence-electron chi connectivity index (χ3n) is 3.64. The molecule has 0 aliphatic carbocycles. The molecule has 0 radical (unpaired) electrons. The van der Waals surface area contributed by atoms with Crippen LogP contribution in [-0.4, -0.2) is 33.2 Å². The molecule has 0 fully saturated rings. The van der Waals surface area contributed by atoms with Gasteiger partial charge in [-0.3, -0.25) is 4.98 Å². The number of carbonyl (C=O) groups is 1. The van der Waals surface area contributed by atoms with Crippen molar-refractivity contribution >= 4 is 17.1 Å². The fraction of sp³-hybridized carbons (Fsp3) is 0.300. The third kappa shape index (κ3) is 4.53. The highest BCUT2D eigenvalue weighted by Crippen LogP contribution is 2.24. The van der Waals surface area contributed by atoms with Crippen LogP contribution in [0.1, 0.15) is 26.5 Å². The first-order valence-electron chi connectivity index (χ1n) is 8.55. The molecule has 0 aliphatic rings. The van der Waals surface area contributed by atoms with Crippen molar-refractivity contribution in [3.8, 4) is 11.3 Å². The second-order valence-electron chi connectivity index (χ2n) is 6.93. The van der Waals surface area contributed by atoms with Crippen LogP contribution in [-0.2, 0) is 11.2 Å². The highest BCUT2D eigenvalue weighted by molar-refractivity contribution is 5.81. The van der Waals surface area contributed by atoms with Gasteiger partial charge in [0.1, 0.15) is 5.60 Å². The van der Waals surface area contributed by atoms with E-state index in [-0.39, 0.29) is 0 Å². The number of alkyl carbamates (subject to hydrolysis) is 1. The highest BCUT2D eigenvalue weighted by Gasteiger charge is 2.16. The molecule has 0 unspecified atom stereocenters. The lowest BCUT2D eigenvalue weighted by atomic mass is 10.0. The zero-order valence-electron chi connectivity index (χ0n) is 15.2. The van der Waals surface area contributed by atoms with Gasteiger partial charge < -0.3 is 10.1 Å². The monoisotopic (exact) mass is 350 g/mol. The Labute approximate surface area is 152 Å². The Morgan fingerprint density at radius 2 is 1.92 bits per heavy atom. The van der Waals surface area contributed by atoms with E-state index in [0.717, 1.165) is 22.3 Å². The molecule has 3 aromatic heterocycles. The van der Waals surface area contributed by atoms with Crippen molar-refractivity contribution in [3.63, 3.8) is 0 Å². The maximum Gasteiger partial charge on any atom is 0.407 e. The average Bonchev–Trinajstić information content (AvgIpc) is 2.60. The number of carbonyl (C=O) groups excluding carboxylic acids is 1. The largest absolute Gasteiger partial charge is 0.444 e. The lowest BCUT2D eigenvalue weighted by Gasteiger charge is -2.19. The van der Waals surface area contributed by atoms with Crippen LogP contribution >= 0.6 is 0 Å². The second-order valence-corrected chi connectivity index (χ2v) is 6.93. The van der Waals surface area contributed by atoms with Crippen molar-refractivity contribution in [3.05, 3.63) is 54.5 Å². The number of nitrogens with one attached hydrogen (secondary N) is 1. The van der Waals surface area contributed by atoms with E-state index in [2.05, 4.69) is 20.3 Å². The molecule has 3 heterocycles. The molecule has 0 saturated carbocycles. The molecular weight excluding hydrogens is 328 g/mol. The van der Waals surface area contributed by atoms with Gasteiger partial charge in [-0.2, -0.15) is 0 Å². The molecule has 6 nitrogen and oxygen atoms in total. The van der Waals surface area contributed by atoms with Crippen molar-refractivity contribution in [1.29, 1.82) is 0 Å². The summed E-state index contributed by atoms with van der Waals surface area (Å²) in [6.07, 6.45) is 3.59. The Morgan fingerprint density at radius 1 is 1.12 bits per heavy atom. The van der Waals surface area contributed by atoms with Gasteiger partial charge in [0, 0.05) is 36.3 Å². The standard InChI is InChI=1S/C20H22N4O2/c1-20(2,3)26-19(25)23-12-9-17-15(16-8-4-5-10-21-16)13-14-7-6-11-22-18(14)24-17/h4-8,10-11,13H,9,12H2,1-3H3,(H,23,25). The highest BCUT2D eigenvalue weighted by atomic mass is 16.6. The topological polar surface area (TPSA) is 77.0 Å². The van der Waals surface area contributed by atoms with Crippen LogP contribution in [0.15, 0.2) is 48.8 Å². The van der Waals surface area contributed by atoms with Crippen molar-refractivity contribution in [2.24, 2.45) is 0 Å². The summed E-state index contributed by atoms with van der Waals surface area (Å²) in [5.41, 5.74) is 2.79. The Morgan fingerprint density at radius 3 is 2.65 bits per heavy atom. The lowest BCUT2D eigenvalue weighted by molar-refractivity contribution is 0.0528. The first-order valence-corrected chi connectivity index (χ1v) is 8.55. The minimum Gasteiger partial charge on any atom is -0.444 e. The molecule has 1 amide bonds. The van der Waals surface area contributed by atoms with Gasteiger partial charge in [-0.25, -0.2) is 14.8 Å². The Kier molecular flexibility index (Phi) is 5.11. The van der Waals surface area contributed by atoms with E-state index >= 15 is 0 Å². The number of fused-ring (bicyclic) bond motifs is 1. The van der Waals surface area contributed by atoms with E-state index in [9.17, 15) is 4.79 Å². The zero-order chi connectivity index (χ0) is 18.6. The van der Waals surface area contributed by atoms with Crippen LogP contribution in [0.3, 0.4) is 0 Å². The number of rotatable bonds is 4. The van der Waals surface area contributed by atoms with E-state index in [1.54, 1.807) is 12.4 Å². The van der Waals surface area contributed by atoms with Crippen molar-refractivity contribution in [2.45, 2.75) is 32.8 Å². The number of amides is 1. The average molecular weight is 350 g/mol. The summed E-state index contributed by atoms with van der Waals surface area (Å²) < 4.78 is 5.27. The minimum atomic E-state index is -0.520. The quantitative estimate of drug-likeness (QED) is 0.775. The Hall–Kier alpha value is -3.02. The van der Waals surface area contributed by atoms with Crippen molar-refractivity contribution in [1.82, 2.24) is 20.3 Å². The number of nitrogens with zero attached hydrogens (tertiary/aromatic N) is 3. The van der Waals surface area contributed by atoms with Crippen LogP contribution in [0.4, 0.5) is 4.79 Å². The van der Waals surface area contributed by atoms with Gasteiger partial charge in [-0.1, -0.05) is 6.07 Å². The number of aromatic nitrogens is 3. The molecule has 26 heavy (non-hydrogen) atoms. The normalized spacial score (nSPS) is 11.3. The third-order valence-corrected chi connectivity index (χ3v) is 3.64. The first kappa shape index (κ1) is 17.8. The van der Waals surface area contributed by atoms with Gasteiger partial charge in [-0.15, -0.1) is 0 Å². The van der Waals surface area contributed by atoms with Gasteiger partial charge in [0.15, 0.2) is 5.65 Å². The van der Waals surface area contributed by atoms with Gasteiger partial charge in [0.2, 0.25) is 0 Å². The summed E-state index contributed by atoms with van der Waals surface area (Å²) in [4.78, 5) is 25.3. The van der Waals surface area contributed by atoms with Crippen LogP contribution < -0.4 is 5.32 Å². The van der Waals surface area contributed by atoms with Crippen molar-refractivity contribution < 1.29 is 9.53 Å². The molecule has 0 spiro atoms. The number of hydrogen-bond donors (Lipinski definition) is 1. The number of ether oxygens (including phenoxy) is 1. The summed E-state index contributed by atoms with van der Waals surface area (Å²) in [5.74, 6) is 0. The molecule has 134 valence electrons. The predicted octanol–water partition coefficient (Wildman–Crippen LogP) is 3.76. The minimum absolute atomic E-state index is 0.417. The molecule has 3 rings (SSSR count). The van der Waals surface area contributed by atoms with Crippen molar-refractivity contribution in [2.75, 3.05) is 6.54 Å². The predicted molar refractivity (Wildman–Crippen MR) is 101 cm³/mol. The van der Waals surface area contributed by atoms with E-state index < -0.39 is 11.7 Å². The van der Waals surface area contributed by atoms with Gasteiger partial charge >= 0.3 is 6.09 Å². The Bertz CT molecular complexity index is 905.